The molecular formula is C15H20ClNO. The van der Waals surface area contributed by atoms with Crippen LogP contribution in [0.3, 0.4) is 0 Å². The van der Waals surface area contributed by atoms with E-state index in [4.69, 9.17) is 22.1 Å². The van der Waals surface area contributed by atoms with E-state index >= 15 is 0 Å². The van der Waals surface area contributed by atoms with Crippen LogP contribution in [0.2, 0.25) is 5.02 Å². The van der Waals surface area contributed by atoms with Gasteiger partial charge in [-0.3, -0.25) is 0 Å². The molecule has 1 saturated carbocycles. The summed E-state index contributed by atoms with van der Waals surface area (Å²) in [6.07, 6.45) is 8.16. The van der Waals surface area contributed by atoms with E-state index in [0.717, 1.165) is 36.5 Å². The lowest BCUT2D eigenvalue weighted by molar-refractivity contribution is 0.403. The summed E-state index contributed by atoms with van der Waals surface area (Å²) in [6, 6.07) is 2.09. The first-order valence-corrected chi connectivity index (χ1v) is 7.21. The smallest absolute Gasteiger partial charge is 0.142 e. The summed E-state index contributed by atoms with van der Waals surface area (Å²) < 4.78 is 5.54. The number of aryl methyl sites for hydroxylation is 1. The molecule has 2 aliphatic carbocycles. The zero-order valence-corrected chi connectivity index (χ0v) is 11.6. The van der Waals surface area contributed by atoms with E-state index in [1.807, 2.05) is 0 Å². The van der Waals surface area contributed by atoms with Crippen LogP contribution >= 0.6 is 11.6 Å². The molecule has 0 saturated heterocycles. The molecule has 98 valence electrons. The fraction of sp³-hybridized carbons (Fsp3) is 0.600. The minimum atomic E-state index is -0.176. The maximum atomic E-state index is 6.45. The molecule has 0 atom stereocenters. The third-order valence-electron chi connectivity index (χ3n) is 4.30. The van der Waals surface area contributed by atoms with Crippen molar-refractivity contribution in [2.24, 2.45) is 5.73 Å². The normalized spacial score (nSPS) is 21.1. The summed E-state index contributed by atoms with van der Waals surface area (Å²) in [6.45, 7) is 0. The Morgan fingerprint density at radius 1 is 1.22 bits per heavy atom. The molecule has 0 aliphatic heterocycles. The minimum absolute atomic E-state index is 0.176. The molecule has 0 bridgehead atoms. The molecule has 3 rings (SSSR count). The highest BCUT2D eigenvalue weighted by molar-refractivity contribution is 6.32. The molecule has 0 spiro atoms. The van der Waals surface area contributed by atoms with Crippen LogP contribution in [0.4, 0.5) is 0 Å². The second-order valence-electron chi connectivity index (χ2n) is 5.62. The second kappa shape index (κ2) is 4.43. The molecule has 3 heteroatoms. The van der Waals surface area contributed by atoms with Crippen molar-refractivity contribution in [3.8, 4) is 5.75 Å². The summed E-state index contributed by atoms with van der Waals surface area (Å²) in [7, 11) is 1.69. The third kappa shape index (κ3) is 1.92. The molecule has 2 N–H and O–H groups in total. The predicted molar refractivity (Wildman–Crippen MR) is 74.4 cm³/mol. The molecule has 1 aromatic rings. The minimum Gasteiger partial charge on any atom is -0.495 e. The first-order valence-electron chi connectivity index (χ1n) is 6.83. The summed E-state index contributed by atoms with van der Waals surface area (Å²) >= 11 is 6.37. The van der Waals surface area contributed by atoms with Gasteiger partial charge in [0.05, 0.1) is 12.1 Å². The lowest BCUT2D eigenvalue weighted by atomic mass is 9.90. The summed E-state index contributed by atoms with van der Waals surface area (Å²) in [5.74, 6) is 0.817. The van der Waals surface area contributed by atoms with E-state index in [1.54, 1.807) is 7.11 Å². The van der Waals surface area contributed by atoms with Gasteiger partial charge in [0.1, 0.15) is 5.75 Å². The topological polar surface area (TPSA) is 35.2 Å². The third-order valence-corrected chi connectivity index (χ3v) is 4.58. The molecule has 1 aromatic carbocycles. The number of fused-ring (bicyclic) bond motifs is 1. The van der Waals surface area contributed by atoms with E-state index in [-0.39, 0.29) is 5.54 Å². The van der Waals surface area contributed by atoms with Crippen molar-refractivity contribution in [3.05, 3.63) is 27.8 Å². The molecule has 18 heavy (non-hydrogen) atoms. The Morgan fingerprint density at radius 3 is 2.61 bits per heavy atom. The number of hydrogen-bond acceptors (Lipinski definition) is 2. The van der Waals surface area contributed by atoms with E-state index in [1.165, 1.54) is 36.0 Å². The zero-order valence-electron chi connectivity index (χ0n) is 10.9. The molecule has 0 heterocycles. The number of nitrogens with two attached hydrogens (primary N) is 1. The maximum absolute atomic E-state index is 6.45. The first kappa shape index (κ1) is 12.3. The van der Waals surface area contributed by atoms with Gasteiger partial charge in [-0.05, 0) is 55.7 Å². The van der Waals surface area contributed by atoms with E-state index in [2.05, 4.69) is 6.07 Å². The van der Waals surface area contributed by atoms with Crippen molar-refractivity contribution in [1.82, 2.24) is 0 Å². The summed E-state index contributed by atoms with van der Waals surface area (Å²) in [5.41, 5.74) is 10.3. The highest BCUT2D eigenvalue weighted by atomic mass is 35.5. The first-order chi connectivity index (χ1) is 8.65. The number of benzene rings is 1. The average molecular weight is 266 g/mol. The van der Waals surface area contributed by atoms with Crippen LogP contribution in [-0.2, 0) is 18.4 Å². The summed E-state index contributed by atoms with van der Waals surface area (Å²) in [5, 5.41) is 0.727. The van der Waals surface area contributed by atoms with Crippen molar-refractivity contribution in [2.75, 3.05) is 7.11 Å². The van der Waals surface area contributed by atoms with Gasteiger partial charge in [0.25, 0.3) is 0 Å². The van der Waals surface area contributed by atoms with E-state index in [9.17, 15) is 0 Å². The number of halogens is 1. The number of ether oxygens (including phenoxy) is 1. The molecule has 0 amide bonds. The average Bonchev–Trinajstić information content (AvgIpc) is 3.11. The molecule has 0 aromatic heterocycles. The zero-order chi connectivity index (χ0) is 12.8. The van der Waals surface area contributed by atoms with Crippen molar-refractivity contribution < 1.29 is 4.74 Å². The predicted octanol–water partition coefficient (Wildman–Crippen LogP) is 3.57. The Hall–Kier alpha value is -0.730. The van der Waals surface area contributed by atoms with Gasteiger partial charge in [0, 0.05) is 11.1 Å². The fourth-order valence-electron chi connectivity index (χ4n) is 3.14. The van der Waals surface area contributed by atoms with Gasteiger partial charge in [0.15, 0.2) is 0 Å². The van der Waals surface area contributed by atoms with Crippen LogP contribution in [0.1, 0.15) is 48.8 Å². The highest BCUT2D eigenvalue weighted by Crippen LogP contribution is 2.51. The van der Waals surface area contributed by atoms with Gasteiger partial charge in [-0.15, -0.1) is 0 Å². The van der Waals surface area contributed by atoms with Crippen molar-refractivity contribution in [2.45, 2.75) is 50.5 Å². The largest absolute Gasteiger partial charge is 0.495 e. The Kier molecular flexibility index (Phi) is 3.03. The fourth-order valence-corrected chi connectivity index (χ4v) is 3.44. The van der Waals surface area contributed by atoms with Crippen LogP contribution in [0, 0.1) is 0 Å². The van der Waals surface area contributed by atoms with Crippen LogP contribution in [0.15, 0.2) is 6.07 Å². The van der Waals surface area contributed by atoms with E-state index in [0.29, 0.717) is 0 Å². The lowest BCUT2D eigenvalue weighted by Gasteiger charge is -2.22. The molecule has 2 nitrogen and oxygen atoms in total. The standard InChI is InChI=1S/C15H20ClNO/c1-18-14-12(16)9-10-5-3-2-4-6-11(10)13(14)15(17)7-8-15/h9H,2-8,17H2,1H3. The van der Waals surface area contributed by atoms with Crippen molar-refractivity contribution in [1.29, 1.82) is 0 Å². The molecule has 2 aliphatic rings. The summed E-state index contributed by atoms with van der Waals surface area (Å²) in [4.78, 5) is 0. The van der Waals surface area contributed by atoms with Gasteiger partial charge >= 0.3 is 0 Å². The van der Waals surface area contributed by atoms with Crippen LogP contribution in [0.25, 0.3) is 0 Å². The molecule has 0 unspecified atom stereocenters. The van der Waals surface area contributed by atoms with Gasteiger partial charge in [-0.25, -0.2) is 0 Å². The highest BCUT2D eigenvalue weighted by Gasteiger charge is 2.45. The van der Waals surface area contributed by atoms with E-state index < -0.39 is 0 Å². The lowest BCUT2D eigenvalue weighted by Crippen LogP contribution is -2.23. The van der Waals surface area contributed by atoms with Gasteiger partial charge in [-0.2, -0.15) is 0 Å². The van der Waals surface area contributed by atoms with Gasteiger partial charge in [0.2, 0.25) is 0 Å². The Labute approximate surface area is 113 Å². The Morgan fingerprint density at radius 2 is 1.94 bits per heavy atom. The maximum Gasteiger partial charge on any atom is 0.142 e. The molecule has 0 radical (unpaired) electrons. The Balaban J connectivity index is 2.21. The number of hydrogen-bond donors (Lipinski definition) is 1. The second-order valence-corrected chi connectivity index (χ2v) is 6.03. The van der Waals surface area contributed by atoms with Gasteiger partial charge in [-0.1, -0.05) is 18.0 Å². The van der Waals surface area contributed by atoms with Crippen LogP contribution < -0.4 is 10.5 Å². The monoisotopic (exact) mass is 265 g/mol. The van der Waals surface area contributed by atoms with Crippen molar-refractivity contribution >= 4 is 11.6 Å². The van der Waals surface area contributed by atoms with Crippen LogP contribution in [0.5, 0.6) is 5.75 Å². The Bertz CT molecular complexity index is 480. The van der Waals surface area contributed by atoms with Crippen LogP contribution in [-0.4, -0.2) is 7.11 Å². The van der Waals surface area contributed by atoms with Crippen molar-refractivity contribution in [3.63, 3.8) is 0 Å². The number of rotatable bonds is 2. The number of methoxy groups -OCH3 is 1. The quantitative estimate of drug-likeness (QED) is 0.830. The SMILES string of the molecule is COc1c(Cl)cc2c(c1C1(N)CC1)CCCCC2. The molecule has 1 fully saturated rings. The van der Waals surface area contributed by atoms with Gasteiger partial charge < -0.3 is 10.5 Å². The molecular weight excluding hydrogens is 246 g/mol.